The summed E-state index contributed by atoms with van der Waals surface area (Å²) in [4.78, 5) is 4.05. The lowest BCUT2D eigenvalue weighted by Gasteiger charge is -2.15. The summed E-state index contributed by atoms with van der Waals surface area (Å²) < 4.78 is 26.5. The molecule has 74 valence electrons. The van der Waals surface area contributed by atoms with Crippen molar-refractivity contribution in [3.05, 3.63) is 35.4 Å². The summed E-state index contributed by atoms with van der Waals surface area (Å²) in [7, 11) is 0. The summed E-state index contributed by atoms with van der Waals surface area (Å²) in [5, 5.41) is 2.89. The molecule has 0 radical (unpaired) electrons. The van der Waals surface area contributed by atoms with Crippen LogP contribution in [0, 0.1) is 11.6 Å². The highest BCUT2D eigenvalue weighted by molar-refractivity contribution is 5.99. The van der Waals surface area contributed by atoms with Gasteiger partial charge >= 0.3 is 0 Å². The van der Waals surface area contributed by atoms with Crippen LogP contribution in [-0.2, 0) is 0 Å². The summed E-state index contributed by atoms with van der Waals surface area (Å²) >= 11 is 0. The lowest BCUT2D eigenvalue weighted by atomic mass is 10.1. The maximum absolute atomic E-state index is 13.3. The van der Waals surface area contributed by atoms with Crippen LogP contribution in [0.4, 0.5) is 8.78 Å². The Kier molecular flexibility index (Phi) is 2.43. The summed E-state index contributed by atoms with van der Waals surface area (Å²) in [6.45, 7) is 1.34. The number of hydrogen-bond acceptors (Lipinski definition) is 2. The molecule has 0 aromatic heterocycles. The van der Waals surface area contributed by atoms with Crippen molar-refractivity contribution in [3.8, 4) is 0 Å². The quantitative estimate of drug-likeness (QED) is 0.726. The Balaban J connectivity index is 2.44. The monoisotopic (exact) mass is 196 g/mol. The average Bonchev–Trinajstić information content (AvgIpc) is 2.19. The molecule has 1 aromatic rings. The Labute approximate surface area is 80.7 Å². The van der Waals surface area contributed by atoms with E-state index in [9.17, 15) is 8.78 Å². The summed E-state index contributed by atoms with van der Waals surface area (Å²) in [5.41, 5.74) is -0.0489. The topological polar surface area (TPSA) is 24.4 Å². The summed E-state index contributed by atoms with van der Waals surface area (Å²) in [5.74, 6) is -0.817. The van der Waals surface area contributed by atoms with Crippen molar-refractivity contribution in [3.63, 3.8) is 0 Å². The number of rotatable bonds is 1. The van der Waals surface area contributed by atoms with Gasteiger partial charge in [0, 0.05) is 13.1 Å². The molecule has 2 nitrogen and oxygen atoms in total. The third-order valence-electron chi connectivity index (χ3n) is 2.10. The maximum atomic E-state index is 13.3. The Morgan fingerprint density at radius 1 is 1.21 bits per heavy atom. The molecule has 14 heavy (non-hydrogen) atoms. The fourth-order valence-corrected chi connectivity index (χ4v) is 1.42. The molecule has 4 heteroatoms. The van der Waals surface area contributed by atoms with Crippen molar-refractivity contribution < 1.29 is 8.78 Å². The third kappa shape index (κ3) is 1.60. The van der Waals surface area contributed by atoms with Crippen LogP contribution in [0.15, 0.2) is 23.2 Å². The van der Waals surface area contributed by atoms with Crippen LogP contribution in [0.2, 0.25) is 0 Å². The first-order chi connectivity index (χ1) is 6.79. The fraction of sp³-hybridized carbons (Fsp3) is 0.300. The van der Waals surface area contributed by atoms with Gasteiger partial charge in [-0.25, -0.2) is 8.78 Å². The summed E-state index contributed by atoms with van der Waals surface area (Å²) in [6, 6.07) is 3.81. The minimum absolute atomic E-state index is 0.0489. The lowest BCUT2D eigenvalue weighted by molar-refractivity contribution is 0.575. The van der Waals surface area contributed by atoms with Gasteiger partial charge in [-0.1, -0.05) is 6.07 Å². The molecule has 1 aliphatic rings. The minimum atomic E-state index is -0.571. The first-order valence-corrected chi connectivity index (χ1v) is 4.52. The third-order valence-corrected chi connectivity index (χ3v) is 2.10. The summed E-state index contributed by atoms with van der Waals surface area (Å²) in [6.07, 6.45) is 0.902. The number of nitrogens with zero attached hydrogens (tertiary/aromatic N) is 1. The molecular formula is C10H10F2N2. The van der Waals surface area contributed by atoms with Crippen LogP contribution in [0.1, 0.15) is 12.0 Å². The van der Waals surface area contributed by atoms with Crippen LogP contribution in [0.5, 0.6) is 0 Å². The SMILES string of the molecule is Fc1cccc(F)c1C1=NCCCN1. The Morgan fingerprint density at radius 3 is 2.50 bits per heavy atom. The van der Waals surface area contributed by atoms with Gasteiger partial charge in [-0.15, -0.1) is 0 Å². The molecule has 1 aliphatic heterocycles. The number of amidine groups is 1. The highest BCUT2D eigenvalue weighted by Gasteiger charge is 2.15. The van der Waals surface area contributed by atoms with Crippen LogP contribution in [-0.4, -0.2) is 18.9 Å². The van der Waals surface area contributed by atoms with E-state index in [1.54, 1.807) is 0 Å². The van der Waals surface area contributed by atoms with Crippen LogP contribution in [0.3, 0.4) is 0 Å². The van der Waals surface area contributed by atoms with E-state index in [1.807, 2.05) is 0 Å². The molecule has 0 atom stereocenters. The molecule has 1 N–H and O–H groups in total. The first kappa shape index (κ1) is 9.12. The molecule has 1 heterocycles. The molecule has 0 fully saturated rings. The van der Waals surface area contributed by atoms with Gasteiger partial charge < -0.3 is 5.32 Å². The van der Waals surface area contributed by atoms with Gasteiger partial charge in [0.1, 0.15) is 17.5 Å². The van der Waals surface area contributed by atoms with Gasteiger partial charge in [0.05, 0.1) is 5.56 Å². The van der Waals surface area contributed by atoms with E-state index < -0.39 is 11.6 Å². The van der Waals surface area contributed by atoms with Gasteiger partial charge in [0.15, 0.2) is 0 Å². The minimum Gasteiger partial charge on any atom is -0.370 e. The molecule has 0 spiro atoms. The first-order valence-electron chi connectivity index (χ1n) is 4.52. The Morgan fingerprint density at radius 2 is 1.93 bits per heavy atom. The van der Waals surface area contributed by atoms with Crippen molar-refractivity contribution in [2.75, 3.05) is 13.1 Å². The average molecular weight is 196 g/mol. The van der Waals surface area contributed by atoms with E-state index in [0.717, 1.165) is 6.42 Å². The van der Waals surface area contributed by atoms with Crippen molar-refractivity contribution in [2.45, 2.75) is 6.42 Å². The van der Waals surface area contributed by atoms with Crippen LogP contribution < -0.4 is 5.32 Å². The van der Waals surface area contributed by atoms with Gasteiger partial charge in [-0.05, 0) is 18.6 Å². The normalized spacial score (nSPS) is 16.0. The van der Waals surface area contributed by atoms with E-state index in [4.69, 9.17) is 0 Å². The molecule has 0 saturated heterocycles. The number of hydrogen-bond donors (Lipinski definition) is 1. The maximum Gasteiger partial charge on any atom is 0.137 e. The van der Waals surface area contributed by atoms with Gasteiger partial charge in [0.2, 0.25) is 0 Å². The van der Waals surface area contributed by atoms with Gasteiger partial charge in [-0.2, -0.15) is 0 Å². The van der Waals surface area contributed by atoms with Gasteiger partial charge in [0.25, 0.3) is 0 Å². The molecule has 1 aromatic carbocycles. The fourth-order valence-electron chi connectivity index (χ4n) is 1.42. The van der Waals surface area contributed by atoms with Crippen molar-refractivity contribution >= 4 is 5.84 Å². The molecule has 0 amide bonds. The Bertz CT molecular complexity index is 354. The van der Waals surface area contributed by atoms with E-state index in [0.29, 0.717) is 18.9 Å². The molecule has 2 rings (SSSR count). The smallest absolute Gasteiger partial charge is 0.137 e. The zero-order valence-electron chi connectivity index (χ0n) is 7.56. The number of benzene rings is 1. The largest absolute Gasteiger partial charge is 0.370 e. The second-order valence-electron chi connectivity index (χ2n) is 3.11. The zero-order valence-corrected chi connectivity index (χ0v) is 7.56. The Hall–Kier alpha value is -1.45. The van der Waals surface area contributed by atoms with Crippen molar-refractivity contribution in [1.82, 2.24) is 5.32 Å². The molecule has 0 aliphatic carbocycles. The number of halogens is 2. The highest BCUT2D eigenvalue weighted by atomic mass is 19.1. The molecule has 0 saturated carbocycles. The van der Waals surface area contributed by atoms with E-state index in [-0.39, 0.29) is 5.56 Å². The predicted octanol–water partition coefficient (Wildman–Crippen LogP) is 1.70. The number of nitrogens with one attached hydrogen (secondary N) is 1. The zero-order chi connectivity index (χ0) is 9.97. The standard InChI is InChI=1S/C10H10F2N2/c11-7-3-1-4-8(12)9(7)10-13-5-2-6-14-10/h1,3-4H,2,5-6H2,(H,13,14). The van der Waals surface area contributed by atoms with E-state index in [1.165, 1.54) is 18.2 Å². The van der Waals surface area contributed by atoms with Crippen LogP contribution in [0.25, 0.3) is 0 Å². The van der Waals surface area contributed by atoms with Crippen molar-refractivity contribution in [1.29, 1.82) is 0 Å². The molecule has 0 bridgehead atoms. The molecular weight excluding hydrogens is 186 g/mol. The van der Waals surface area contributed by atoms with Crippen LogP contribution >= 0.6 is 0 Å². The van der Waals surface area contributed by atoms with Crippen molar-refractivity contribution in [2.24, 2.45) is 4.99 Å². The van der Waals surface area contributed by atoms with E-state index in [2.05, 4.69) is 10.3 Å². The lowest BCUT2D eigenvalue weighted by Crippen LogP contribution is -2.31. The predicted molar refractivity (Wildman–Crippen MR) is 50.4 cm³/mol. The van der Waals surface area contributed by atoms with E-state index >= 15 is 0 Å². The second kappa shape index (κ2) is 3.74. The molecule has 0 unspecified atom stereocenters. The number of aliphatic imine (C=N–C) groups is 1. The highest BCUT2D eigenvalue weighted by Crippen LogP contribution is 2.13. The second-order valence-corrected chi connectivity index (χ2v) is 3.11. The van der Waals surface area contributed by atoms with Gasteiger partial charge in [-0.3, -0.25) is 4.99 Å².